The molecule has 0 bridgehead atoms. The van der Waals surface area contributed by atoms with Gasteiger partial charge in [0.1, 0.15) is 12.6 Å². The van der Waals surface area contributed by atoms with Crippen LogP contribution in [0.25, 0.3) is 11.1 Å². The van der Waals surface area contributed by atoms with Crippen molar-refractivity contribution < 1.29 is 9.53 Å². The largest absolute Gasteiger partial charge is 0.464 e. The van der Waals surface area contributed by atoms with Crippen LogP contribution in [0.4, 0.5) is 0 Å². The van der Waals surface area contributed by atoms with Crippen LogP contribution in [0.5, 0.6) is 0 Å². The minimum Gasteiger partial charge on any atom is -0.464 e. The van der Waals surface area contributed by atoms with Crippen LogP contribution in [0.3, 0.4) is 0 Å². The molecule has 4 N–H and O–H groups in total. The lowest BCUT2D eigenvalue weighted by atomic mass is 9.98. The van der Waals surface area contributed by atoms with E-state index >= 15 is 0 Å². The van der Waals surface area contributed by atoms with Crippen LogP contribution >= 0.6 is 12.4 Å². The summed E-state index contributed by atoms with van der Waals surface area (Å²) in [6.45, 7) is 0.691. The second-order valence-corrected chi connectivity index (χ2v) is 5.54. The summed E-state index contributed by atoms with van der Waals surface area (Å²) in [6, 6.07) is 15.8. The molecule has 0 aliphatic heterocycles. The van der Waals surface area contributed by atoms with E-state index in [1.807, 2.05) is 24.3 Å². The van der Waals surface area contributed by atoms with Crippen LogP contribution in [-0.2, 0) is 9.53 Å². The lowest BCUT2D eigenvalue weighted by molar-refractivity contribution is -0.145. The van der Waals surface area contributed by atoms with E-state index in [2.05, 4.69) is 24.3 Å². The summed E-state index contributed by atoms with van der Waals surface area (Å²) < 4.78 is 5.43. The number of nitrogens with two attached hydrogens (primary N) is 2. The van der Waals surface area contributed by atoms with Crippen LogP contribution in [-0.4, -0.2) is 25.2 Å². The highest BCUT2D eigenvalue weighted by Gasteiger charge is 2.29. The van der Waals surface area contributed by atoms with E-state index in [-0.39, 0.29) is 24.3 Å². The first-order valence-electron chi connectivity index (χ1n) is 7.53. The van der Waals surface area contributed by atoms with Crippen molar-refractivity contribution >= 4 is 18.4 Å². The maximum atomic E-state index is 11.9. The predicted octanol–water partition coefficient (Wildman–Crippen LogP) is 2.44. The Hall–Kier alpha value is -1.88. The summed E-state index contributed by atoms with van der Waals surface area (Å²) in [4.78, 5) is 11.9. The van der Waals surface area contributed by atoms with Crippen molar-refractivity contribution in [1.29, 1.82) is 0 Å². The Labute approximate surface area is 142 Å². The second kappa shape index (κ2) is 7.59. The van der Waals surface area contributed by atoms with E-state index in [4.69, 9.17) is 16.2 Å². The van der Waals surface area contributed by atoms with Crippen molar-refractivity contribution in [3.8, 4) is 11.1 Å². The molecule has 0 radical (unpaired) electrons. The summed E-state index contributed by atoms with van der Waals surface area (Å²) in [5.41, 5.74) is 16.0. The Balaban J connectivity index is 0.00000192. The molecule has 1 unspecified atom stereocenters. The SMILES string of the molecule is Cl.NCCC(N)C(=O)OCC1c2ccccc2-c2ccccc21. The number of carbonyl (C=O) groups is 1. The van der Waals surface area contributed by atoms with Gasteiger partial charge in [-0.3, -0.25) is 4.79 Å². The molecule has 1 aliphatic carbocycles. The van der Waals surface area contributed by atoms with E-state index in [9.17, 15) is 4.79 Å². The Kier molecular flexibility index (Phi) is 5.77. The fourth-order valence-corrected chi connectivity index (χ4v) is 3.01. The number of rotatable bonds is 5. The topological polar surface area (TPSA) is 78.3 Å². The lowest BCUT2D eigenvalue weighted by Crippen LogP contribution is -2.35. The maximum Gasteiger partial charge on any atom is 0.322 e. The van der Waals surface area contributed by atoms with Crippen LogP contribution in [0.1, 0.15) is 23.5 Å². The Bertz CT molecular complexity index is 645. The molecule has 0 aromatic heterocycles. The van der Waals surface area contributed by atoms with Gasteiger partial charge < -0.3 is 16.2 Å². The van der Waals surface area contributed by atoms with Gasteiger partial charge >= 0.3 is 5.97 Å². The number of hydrogen-bond donors (Lipinski definition) is 2. The summed E-state index contributed by atoms with van der Waals surface area (Å²) in [5, 5.41) is 0. The van der Waals surface area contributed by atoms with Gasteiger partial charge in [-0.15, -0.1) is 12.4 Å². The molecule has 122 valence electrons. The van der Waals surface area contributed by atoms with E-state index in [0.29, 0.717) is 19.6 Å². The summed E-state index contributed by atoms with van der Waals surface area (Å²) in [6.07, 6.45) is 0.441. The quantitative estimate of drug-likeness (QED) is 0.824. The predicted molar refractivity (Wildman–Crippen MR) is 93.6 cm³/mol. The molecule has 4 nitrogen and oxygen atoms in total. The molecule has 2 aromatic rings. The van der Waals surface area contributed by atoms with Crippen LogP contribution < -0.4 is 11.5 Å². The molecular formula is C18H21ClN2O2. The second-order valence-electron chi connectivity index (χ2n) is 5.54. The number of halogens is 1. The third-order valence-corrected chi connectivity index (χ3v) is 4.14. The summed E-state index contributed by atoms with van der Waals surface area (Å²) in [5.74, 6) is -0.311. The zero-order valence-corrected chi connectivity index (χ0v) is 13.6. The lowest BCUT2D eigenvalue weighted by Gasteiger charge is -2.16. The molecule has 0 fully saturated rings. The van der Waals surface area contributed by atoms with Gasteiger partial charge in [-0.05, 0) is 35.2 Å². The van der Waals surface area contributed by atoms with Crippen LogP contribution in [0.2, 0.25) is 0 Å². The molecule has 1 atom stereocenters. The van der Waals surface area contributed by atoms with Crippen molar-refractivity contribution in [3.63, 3.8) is 0 Å². The molecule has 23 heavy (non-hydrogen) atoms. The van der Waals surface area contributed by atoms with Gasteiger partial charge in [0.2, 0.25) is 0 Å². The molecule has 0 saturated carbocycles. The zero-order chi connectivity index (χ0) is 15.5. The first kappa shape index (κ1) is 17.5. The molecular weight excluding hydrogens is 312 g/mol. The summed E-state index contributed by atoms with van der Waals surface area (Å²) >= 11 is 0. The summed E-state index contributed by atoms with van der Waals surface area (Å²) in [7, 11) is 0. The number of hydrogen-bond acceptors (Lipinski definition) is 4. The fraction of sp³-hybridized carbons (Fsp3) is 0.278. The van der Waals surface area contributed by atoms with Crippen molar-refractivity contribution in [3.05, 3.63) is 59.7 Å². The van der Waals surface area contributed by atoms with E-state index in [1.165, 1.54) is 22.3 Å². The highest BCUT2D eigenvalue weighted by molar-refractivity contribution is 5.85. The minimum absolute atomic E-state index is 0. The normalized spacial score (nSPS) is 13.7. The third-order valence-electron chi connectivity index (χ3n) is 4.14. The van der Waals surface area contributed by atoms with Gasteiger partial charge in [0.25, 0.3) is 0 Å². The number of benzene rings is 2. The van der Waals surface area contributed by atoms with Crippen molar-refractivity contribution in [1.82, 2.24) is 0 Å². The van der Waals surface area contributed by atoms with Crippen molar-refractivity contribution in [2.24, 2.45) is 11.5 Å². The molecule has 0 saturated heterocycles. The minimum atomic E-state index is -0.642. The average Bonchev–Trinajstić information content (AvgIpc) is 2.87. The Morgan fingerprint density at radius 2 is 1.57 bits per heavy atom. The molecule has 5 heteroatoms. The number of ether oxygens (including phenoxy) is 1. The molecule has 0 spiro atoms. The zero-order valence-electron chi connectivity index (χ0n) is 12.8. The van der Waals surface area contributed by atoms with Gasteiger partial charge in [-0.25, -0.2) is 0 Å². The van der Waals surface area contributed by atoms with Crippen LogP contribution in [0, 0.1) is 0 Å². The first-order valence-corrected chi connectivity index (χ1v) is 7.53. The number of fused-ring (bicyclic) bond motifs is 3. The highest BCUT2D eigenvalue weighted by atomic mass is 35.5. The van der Waals surface area contributed by atoms with Gasteiger partial charge in [-0.2, -0.15) is 0 Å². The Morgan fingerprint density at radius 1 is 1.04 bits per heavy atom. The van der Waals surface area contributed by atoms with Gasteiger partial charge in [-0.1, -0.05) is 48.5 Å². The number of esters is 1. The van der Waals surface area contributed by atoms with E-state index in [0.717, 1.165) is 0 Å². The van der Waals surface area contributed by atoms with Crippen LogP contribution in [0.15, 0.2) is 48.5 Å². The molecule has 0 heterocycles. The van der Waals surface area contributed by atoms with E-state index < -0.39 is 6.04 Å². The highest BCUT2D eigenvalue weighted by Crippen LogP contribution is 2.44. The maximum absolute atomic E-state index is 11.9. The van der Waals surface area contributed by atoms with Crippen molar-refractivity contribution in [2.75, 3.05) is 13.2 Å². The van der Waals surface area contributed by atoms with Gasteiger partial charge in [0.15, 0.2) is 0 Å². The van der Waals surface area contributed by atoms with Gasteiger partial charge in [0.05, 0.1) is 0 Å². The van der Waals surface area contributed by atoms with E-state index in [1.54, 1.807) is 0 Å². The average molecular weight is 333 g/mol. The molecule has 2 aromatic carbocycles. The number of carbonyl (C=O) groups excluding carboxylic acids is 1. The Morgan fingerprint density at radius 3 is 2.09 bits per heavy atom. The monoisotopic (exact) mass is 332 g/mol. The van der Waals surface area contributed by atoms with Crippen molar-refractivity contribution in [2.45, 2.75) is 18.4 Å². The van der Waals surface area contributed by atoms with Gasteiger partial charge in [0, 0.05) is 5.92 Å². The smallest absolute Gasteiger partial charge is 0.322 e. The molecule has 0 amide bonds. The molecule has 1 aliphatic rings. The standard InChI is InChI=1S/C18H20N2O2.ClH/c19-10-9-17(20)18(21)22-11-16-14-7-3-1-5-12(14)13-6-2-4-8-15(13)16;/h1-8,16-17H,9-11,19-20H2;1H. The fourth-order valence-electron chi connectivity index (χ4n) is 3.01. The first-order chi connectivity index (χ1) is 10.7. The third kappa shape index (κ3) is 3.39. The molecule has 3 rings (SSSR count).